The number of Topliss-reactive ketones (excluding diaryl/α,β-unsaturated/α-hetero) is 1. The second-order valence-electron chi connectivity index (χ2n) is 5.26. The van der Waals surface area contributed by atoms with Crippen molar-refractivity contribution in [1.29, 1.82) is 0 Å². The van der Waals surface area contributed by atoms with E-state index in [1.54, 1.807) is 11.3 Å². The lowest BCUT2D eigenvalue weighted by atomic mass is 10.1. The Morgan fingerprint density at radius 3 is 2.71 bits per heavy atom. The highest BCUT2D eigenvalue weighted by Crippen LogP contribution is 2.20. The molecule has 0 amide bonds. The average molecular weight is 359 g/mol. The third-order valence-corrected chi connectivity index (χ3v) is 5.10. The maximum Gasteiger partial charge on any atom is 0.277 e. The summed E-state index contributed by atoms with van der Waals surface area (Å²) in [6.45, 7) is 4.05. The molecular weight excluding hydrogens is 342 g/mol. The monoisotopic (exact) mass is 359 g/mol. The molecule has 0 spiro atoms. The lowest BCUT2D eigenvalue weighted by Crippen LogP contribution is -2.02. The standard InChI is InChI=1S/C17H17N3O2S2/c1-3-12-4-6-13(7-5-12)15(21)10-24-17-20-19-16(22-17)8-14-9-23-11(2)18-14/h4-7,9H,3,8,10H2,1-2H3. The van der Waals surface area contributed by atoms with Crippen molar-refractivity contribution >= 4 is 28.9 Å². The van der Waals surface area contributed by atoms with Crippen molar-refractivity contribution in [1.82, 2.24) is 15.2 Å². The van der Waals surface area contributed by atoms with Gasteiger partial charge in [-0.1, -0.05) is 43.0 Å². The van der Waals surface area contributed by atoms with E-state index in [1.807, 2.05) is 36.6 Å². The molecule has 124 valence electrons. The molecule has 2 heterocycles. The van der Waals surface area contributed by atoms with Crippen LogP contribution in [0, 0.1) is 6.92 Å². The van der Waals surface area contributed by atoms with Crippen molar-refractivity contribution in [3.05, 3.63) is 57.4 Å². The Morgan fingerprint density at radius 1 is 1.25 bits per heavy atom. The molecule has 0 N–H and O–H groups in total. The van der Waals surface area contributed by atoms with Gasteiger partial charge in [0.25, 0.3) is 5.22 Å². The molecule has 0 saturated carbocycles. The molecule has 0 aliphatic rings. The van der Waals surface area contributed by atoms with E-state index in [9.17, 15) is 4.79 Å². The first-order chi connectivity index (χ1) is 11.6. The van der Waals surface area contributed by atoms with Gasteiger partial charge in [0.2, 0.25) is 5.89 Å². The lowest BCUT2D eigenvalue weighted by Gasteiger charge is -2.00. The van der Waals surface area contributed by atoms with Gasteiger partial charge in [-0.25, -0.2) is 4.98 Å². The van der Waals surface area contributed by atoms with Crippen LogP contribution in [-0.2, 0) is 12.8 Å². The topological polar surface area (TPSA) is 68.9 Å². The van der Waals surface area contributed by atoms with Gasteiger partial charge in [-0.05, 0) is 18.9 Å². The number of aryl methyl sites for hydroxylation is 2. The zero-order chi connectivity index (χ0) is 16.9. The summed E-state index contributed by atoms with van der Waals surface area (Å²) in [6.07, 6.45) is 1.48. The Hall–Kier alpha value is -1.99. The molecule has 1 aromatic carbocycles. The Morgan fingerprint density at radius 2 is 2.04 bits per heavy atom. The fourth-order valence-corrected chi connectivity index (χ4v) is 3.44. The van der Waals surface area contributed by atoms with Crippen molar-refractivity contribution in [3.63, 3.8) is 0 Å². The van der Waals surface area contributed by atoms with E-state index in [-0.39, 0.29) is 11.5 Å². The summed E-state index contributed by atoms with van der Waals surface area (Å²) in [5.41, 5.74) is 2.85. The number of thioether (sulfide) groups is 1. The first-order valence-electron chi connectivity index (χ1n) is 7.62. The Labute approximate surface area is 148 Å². The van der Waals surface area contributed by atoms with Crippen LogP contribution in [0.25, 0.3) is 0 Å². The number of carbonyl (C=O) groups excluding carboxylic acids is 1. The lowest BCUT2D eigenvalue weighted by molar-refractivity contribution is 0.102. The van der Waals surface area contributed by atoms with Gasteiger partial charge in [-0.2, -0.15) is 0 Å². The molecule has 0 saturated heterocycles. The molecule has 7 heteroatoms. The molecule has 0 fully saturated rings. The first-order valence-corrected chi connectivity index (χ1v) is 9.49. The van der Waals surface area contributed by atoms with E-state index in [1.165, 1.54) is 17.3 Å². The number of ketones is 1. The zero-order valence-electron chi connectivity index (χ0n) is 13.5. The molecule has 24 heavy (non-hydrogen) atoms. The minimum absolute atomic E-state index is 0.0533. The van der Waals surface area contributed by atoms with Gasteiger partial charge in [0.05, 0.1) is 22.9 Å². The summed E-state index contributed by atoms with van der Waals surface area (Å²) in [7, 11) is 0. The molecule has 0 atom stereocenters. The largest absolute Gasteiger partial charge is 0.416 e. The minimum Gasteiger partial charge on any atom is -0.416 e. The number of benzene rings is 1. The van der Waals surface area contributed by atoms with Crippen LogP contribution < -0.4 is 0 Å². The van der Waals surface area contributed by atoms with E-state index in [2.05, 4.69) is 22.1 Å². The highest BCUT2D eigenvalue weighted by Gasteiger charge is 2.12. The Kier molecular flexibility index (Phi) is 5.42. The smallest absolute Gasteiger partial charge is 0.277 e. The molecule has 0 radical (unpaired) electrons. The van der Waals surface area contributed by atoms with Gasteiger partial charge >= 0.3 is 0 Å². The van der Waals surface area contributed by atoms with E-state index < -0.39 is 0 Å². The SMILES string of the molecule is CCc1ccc(C(=O)CSc2nnc(Cc3csc(C)n3)o2)cc1. The molecular formula is C17H17N3O2S2. The van der Waals surface area contributed by atoms with Gasteiger partial charge in [0, 0.05) is 10.9 Å². The summed E-state index contributed by atoms with van der Waals surface area (Å²) in [5, 5.41) is 11.4. The molecule has 2 aromatic heterocycles. The summed E-state index contributed by atoms with van der Waals surface area (Å²) < 4.78 is 5.57. The van der Waals surface area contributed by atoms with Crippen LogP contribution in [0.5, 0.6) is 0 Å². The van der Waals surface area contributed by atoms with Crippen LogP contribution in [0.4, 0.5) is 0 Å². The van der Waals surface area contributed by atoms with Crippen LogP contribution in [0.15, 0.2) is 39.3 Å². The number of nitrogens with zero attached hydrogens (tertiary/aromatic N) is 3. The summed E-state index contributed by atoms with van der Waals surface area (Å²) >= 11 is 2.86. The van der Waals surface area contributed by atoms with Crippen molar-refractivity contribution in [3.8, 4) is 0 Å². The highest BCUT2D eigenvalue weighted by molar-refractivity contribution is 7.99. The van der Waals surface area contributed by atoms with E-state index >= 15 is 0 Å². The van der Waals surface area contributed by atoms with Crippen molar-refractivity contribution in [2.24, 2.45) is 0 Å². The highest BCUT2D eigenvalue weighted by atomic mass is 32.2. The van der Waals surface area contributed by atoms with E-state index in [4.69, 9.17) is 4.42 Å². The summed E-state index contributed by atoms with van der Waals surface area (Å²) in [5.74, 6) is 0.850. The van der Waals surface area contributed by atoms with Crippen LogP contribution in [0.1, 0.15) is 39.4 Å². The van der Waals surface area contributed by atoms with Crippen LogP contribution >= 0.6 is 23.1 Å². The first kappa shape index (κ1) is 16.9. The molecule has 0 unspecified atom stereocenters. The van der Waals surface area contributed by atoms with Gasteiger partial charge in [-0.3, -0.25) is 4.79 Å². The molecule has 3 rings (SSSR count). The van der Waals surface area contributed by atoms with Gasteiger partial charge in [0.1, 0.15) is 0 Å². The molecule has 0 bridgehead atoms. The third kappa shape index (κ3) is 4.30. The van der Waals surface area contributed by atoms with Crippen molar-refractivity contribution in [2.45, 2.75) is 31.9 Å². The molecule has 0 aliphatic heterocycles. The number of carbonyl (C=O) groups is 1. The van der Waals surface area contributed by atoms with Crippen LogP contribution in [-0.4, -0.2) is 26.7 Å². The quantitative estimate of drug-likeness (QED) is 0.470. The summed E-state index contributed by atoms with van der Waals surface area (Å²) in [4.78, 5) is 16.6. The average Bonchev–Trinajstić information content (AvgIpc) is 3.22. The maximum atomic E-state index is 12.2. The van der Waals surface area contributed by atoms with Crippen LogP contribution in [0.3, 0.4) is 0 Å². The van der Waals surface area contributed by atoms with Crippen molar-refractivity contribution in [2.75, 3.05) is 5.75 Å². The van der Waals surface area contributed by atoms with Gasteiger partial charge in [-0.15, -0.1) is 21.5 Å². The Balaban J connectivity index is 1.55. The summed E-state index contributed by atoms with van der Waals surface area (Å²) in [6, 6.07) is 7.70. The van der Waals surface area contributed by atoms with Gasteiger partial charge < -0.3 is 4.42 Å². The van der Waals surface area contributed by atoms with Crippen molar-refractivity contribution < 1.29 is 9.21 Å². The van der Waals surface area contributed by atoms with Crippen LogP contribution in [0.2, 0.25) is 0 Å². The normalized spacial score (nSPS) is 10.9. The fourth-order valence-electron chi connectivity index (χ4n) is 2.15. The second-order valence-corrected chi connectivity index (χ2v) is 7.25. The van der Waals surface area contributed by atoms with E-state index in [0.29, 0.717) is 23.1 Å². The number of hydrogen-bond donors (Lipinski definition) is 0. The number of rotatable bonds is 7. The third-order valence-electron chi connectivity index (χ3n) is 3.46. The Bertz CT molecular complexity index is 824. The predicted octanol–water partition coefficient (Wildman–Crippen LogP) is 3.96. The van der Waals surface area contributed by atoms with E-state index in [0.717, 1.165) is 17.1 Å². The molecule has 3 aromatic rings. The predicted molar refractivity (Wildman–Crippen MR) is 94.8 cm³/mol. The fraction of sp³-hybridized carbons (Fsp3) is 0.294. The zero-order valence-corrected chi connectivity index (χ0v) is 15.1. The molecule has 5 nitrogen and oxygen atoms in total. The number of aromatic nitrogens is 3. The maximum absolute atomic E-state index is 12.2. The number of hydrogen-bond acceptors (Lipinski definition) is 7. The molecule has 0 aliphatic carbocycles. The van der Waals surface area contributed by atoms with Gasteiger partial charge in [0.15, 0.2) is 5.78 Å². The number of thiazole rings is 1. The second kappa shape index (κ2) is 7.72. The minimum atomic E-state index is 0.0533.